The van der Waals surface area contributed by atoms with Crippen molar-refractivity contribution >= 4 is 33.3 Å². The third-order valence-corrected chi connectivity index (χ3v) is 7.76. The van der Waals surface area contributed by atoms with Crippen LogP contribution >= 0.6 is 23.1 Å². The van der Waals surface area contributed by atoms with Gasteiger partial charge in [0, 0.05) is 17.3 Å². The first kappa shape index (κ1) is 21.3. The predicted octanol–water partition coefficient (Wildman–Crippen LogP) is 5.60. The molecule has 166 valence electrons. The summed E-state index contributed by atoms with van der Waals surface area (Å²) >= 11 is 2.59. The normalized spacial score (nSPS) is 16.1. The fraction of sp³-hybridized carbons (Fsp3) is 0.318. The Kier molecular flexibility index (Phi) is 5.58. The first-order chi connectivity index (χ1) is 15.4. The molecule has 10 heteroatoms. The average Bonchev–Trinajstić information content (AvgIpc) is 3.37. The van der Waals surface area contributed by atoms with E-state index in [9.17, 15) is 18.0 Å². The quantitative estimate of drug-likeness (QED) is 0.278. The van der Waals surface area contributed by atoms with E-state index < -0.39 is 12.4 Å². The number of hydrogen-bond acceptors (Lipinski definition) is 5. The van der Waals surface area contributed by atoms with Crippen molar-refractivity contribution in [2.45, 2.75) is 43.6 Å². The molecular weight excluding hydrogens is 457 g/mol. The molecule has 3 aromatic heterocycles. The molecule has 4 aromatic rings. The number of rotatable bonds is 5. The zero-order valence-electron chi connectivity index (χ0n) is 17.1. The summed E-state index contributed by atoms with van der Waals surface area (Å²) in [4.78, 5) is 24.1. The molecule has 32 heavy (non-hydrogen) atoms. The van der Waals surface area contributed by atoms with Gasteiger partial charge in [0.1, 0.15) is 16.5 Å². The highest BCUT2D eigenvalue weighted by molar-refractivity contribution is 7.98. The van der Waals surface area contributed by atoms with Gasteiger partial charge in [0.15, 0.2) is 5.16 Å². The summed E-state index contributed by atoms with van der Waals surface area (Å²) in [5, 5.41) is 0.793. The van der Waals surface area contributed by atoms with Crippen LogP contribution in [0.1, 0.15) is 36.2 Å². The Morgan fingerprint density at radius 1 is 1.31 bits per heavy atom. The molecule has 1 aliphatic rings. The first-order valence-electron chi connectivity index (χ1n) is 10.2. The van der Waals surface area contributed by atoms with Crippen molar-refractivity contribution in [2.75, 3.05) is 0 Å². The van der Waals surface area contributed by atoms with Gasteiger partial charge in [-0.05, 0) is 42.9 Å². The van der Waals surface area contributed by atoms with E-state index in [0.717, 1.165) is 46.0 Å². The van der Waals surface area contributed by atoms with Gasteiger partial charge in [-0.3, -0.25) is 13.9 Å². The summed E-state index contributed by atoms with van der Waals surface area (Å²) in [5.74, 6) is 0.195. The molecule has 1 aliphatic carbocycles. The Hall–Kier alpha value is -2.59. The minimum atomic E-state index is -2.72. The maximum Gasteiger partial charge on any atom is 0.319 e. The van der Waals surface area contributed by atoms with E-state index in [1.54, 1.807) is 12.1 Å². The average molecular weight is 477 g/mol. The van der Waals surface area contributed by atoms with Crippen LogP contribution in [0.25, 0.3) is 15.9 Å². The molecule has 0 saturated heterocycles. The molecule has 0 N–H and O–H groups in total. The lowest BCUT2D eigenvalue weighted by Gasteiger charge is -2.18. The number of para-hydroxylation sites is 1. The van der Waals surface area contributed by atoms with Crippen LogP contribution in [0.5, 0.6) is 0 Å². The molecule has 1 unspecified atom stereocenters. The smallest absolute Gasteiger partial charge is 0.277 e. The van der Waals surface area contributed by atoms with E-state index >= 15 is 0 Å². The molecule has 0 radical (unpaired) electrons. The van der Waals surface area contributed by atoms with Gasteiger partial charge in [-0.15, -0.1) is 11.3 Å². The lowest BCUT2D eigenvalue weighted by atomic mass is 9.89. The van der Waals surface area contributed by atoms with Crippen molar-refractivity contribution in [3.05, 3.63) is 69.1 Å². The minimum absolute atomic E-state index is 0.0614. The van der Waals surface area contributed by atoms with E-state index in [1.165, 1.54) is 40.4 Å². The van der Waals surface area contributed by atoms with Crippen molar-refractivity contribution < 1.29 is 13.2 Å². The summed E-state index contributed by atoms with van der Waals surface area (Å²) in [5.41, 5.74) is 0.776. The van der Waals surface area contributed by atoms with Crippen LogP contribution in [0, 0.1) is 11.7 Å². The van der Waals surface area contributed by atoms with E-state index in [4.69, 9.17) is 4.98 Å². The summed E-state index contributed by atoms with van der Waals surface area (Å²) in [6, 6.07) is 6.01. The Morgan fingerprint density at radius 3 is 2.91 bits per heavy atom. The highest BCUT2D eigenvalue weighted by atomic mass is 32.2. The van der Waals surface area contributed by atoms with E-state index in [-0.39, 0.29) is 28.0 Å². The number of fused-ring (bicyclic) bond motifs is 3. The van der Waals surface area contributed by atoms with Crippen LogP contribution < -0.4 is 5.56 Å². The van der Waals surface area contributed by atoms with Crippen molar-refractivity contribution in [1.29, 1.82) is 0 Å². The standard InChI is InChI=1S/C22H19F3N4OS2/c1-12-6-7-13-16(10-12)32-19-18(13)20(30)29(15-5-3-2-4-14(15)23)22(27-19)31-11-17-26-8-9-28(17)21(24)25/h2-5,8-9,12,21H,6-7,10-11H2,1H3. The van der Waals surface area contributed by atoms with Crippen LogP contribution in [0.2, 0.25) is 0 Å². The summed E-state index contributed by atoms with van der Waals surface area (Å²) < 4.78 is 43.2. The van der Waals surface area contributed by atoms with Crippen LogP contribution in [-0.2, 0) is 18.6 Å². The number of thioether (sulfide) groups is 1. The number of aryl methyl sites for hydroxylation is 1. The summed E-state index contributed by atoms with van der Waals surface area (Å²) in [6.45, 7) is -0.534. The van der Waals surface area contributed by atoms with Crippen LogP contribution in [0.15, 0.2) is 46.6 Å². The van der Waals surface area contributed by atoms with Gasteiger partial charge in [-0.1, -0.05) is 30.8 Å². The lowest BCUT2D eigenvalue weighted by Crippen LogP contribution is -2.23. The molecule has 1 atom stereocenters. The van der Waals surface area contributed by atoms with Gasteiger partial charge < -0.3 is 0 Å². The topological polar surface area (TPSA) is 52.7 Å². The highest BCUT2D eigenvalue weighted by Crippen LogP contribution is 2.37. The molecule has 0 fully saturated rings. The van der Waals surface area contributed by atoms with Gasteiger partial charge in [0.2, 0.25) is 0 Å². The number of imidazole rings is 1. The molecule has 5 rings (SSSR count). The van der Waals surface area contributed by atoms with Crippen molar-refractivity contribution in [3.8, 4) is 5.69 Å². The van der Waals surface area contributed by atoms with Crippen LogP contribution in [0.4, 0.5) is 13.2 Å². The van der Waals surface area contributed by atoms with E-state index in [0.29, 0.717) is 16.1 Å². The summed E-state index contributed by atoms with van der Waals surface area (Å²) in [6.07, 6.45) is 5.18. The minimum Gasteiger partial charge on any atom is -0.277 e. The van der Waals surface area contributed by atoms with E-state index in [2.05, 4.69) is 11.9 Å². The molecule has 0 saturated carbocycles. The molecule has 5 nitrogen and oxygen atoms in total. The highest BCUT2D eigenvalue weighted by Gasteiger charge is 2.26. The Balaban J connectivity index is 1.67. The van der Waals surface area contributed by atoms with Crippen molar-refractivity contribution in [3.63, 3.8) is 0 Å². The maximum atomic E-state index is 14.7. The van der Waals surface area contributed by atoms with Gasteiger partial charge in [0.05, 0.1) is 16.8 Å². The predicted molar refractivity (Wildman–Crippen MR) is 119 cm³/mol. The van der Waals surface area contributed by atoms with Gasteiger partial charge in [-0.25, -0.2) is 14.4 Å². The SMILES string of the molecule is CC1CCc2c(sc3nc(SCc4nccn4C(F)F)n(-c4ccccc4F)c(=O)c23)C1. The monoisotopic (exact) mass is 476 g/mol. The number of thiophene rings is 1. The summed E-state index contributed by atoms with van der Waals surface area (Å²) in [7, 11) is 0. The third-order valence-electron chi connectivity index (χ3n) is 5.68. The zero-order chi connectivity index (χ0) is 22.4. The van der Waals surface area contributed by atoms with Gasteiger partial charge in [0.25, 0.3) is 5.56 Å². The van der Waals surface area contributed by atoms with Crippen LogP contribution in [-0.4, -0.2) is 19.1 Å². The second kappa shape index (κ2) is 8.40. The van der Waals surface area contributed by atoms with Crippen LogP contribution in [0.3, 0.4) is 0 Å². The second-order valence-electron chi connectivity index (χ2n) is 7.84. The second-order valence-corrected chi connectivity index (χ2v) is 9.86. The fourth-order valence-electron chi connectivity index (χ4n) is 4.08. The number of alkyl halides is 2. The molecule has 1 aromatic carbocycles. The van der Waals surface area contributed by atoms with Gasteiger partial charge in [-0.2, -0.15) is 8.78 Å². The molecule has 0 spiro atoms. The first-order valence-corrected chi connectivity index (χ1v) is 12.0. The van der Waals surface area contributed by atoms with Crippen molar-refractivity contribution in [2.24, 2.45) is 5.92 Å². The van der Waals surface area contributed by atoms with Gasteiger partial charge >= 0.3 is 6.55 Å². The number of aromatic nitrogens is 4. The largest absolute Gasteiger partial charge is 0.319 e. The molecule has 3 heterocycles. The molecule has 0 aliphatic heterocycles. The van der Waals surface area contributed by atoms with E-state index in [1.807, 2.05) is 0 Å². The maximum absolute atomic E-state index is 14.7. The van der Waals surface area contributed by atoms with Crippen molar-refractivity contribution in [1.82, 2.24) is 19.1 Å². The number of hydrogen-bond donors (Lipinski definition) is 0. The Bertz CT molecular complexity index is 1360. The zero-order valence-corrected chi connectivity index (χ0v) is 18.7. The Morgan fingerprint density at radius 2 is 2.12 bits per heavy atom. The molecular formula is C22H19F3N4OS2. The number of benzene rings is 1. The number of nitrogens with zero attached hydrogens (tertiary/aromatic N) is 4. The Labute approximate surface area is 189 Å². The fourth-order valence-corrected chi connectivity index (χ4v) is 6.46. The number of halogens is 3. The lowest BCUT2D eigenvalue weighted by molar-refractivity contribution is 0.0678. The molecule has 0 bridgehead atoms. The third kappa shape index (κ3) is 3.65. The molecule has 0 amide bonds.